The first-order valence-corrected chi connectivity index (χ1v) is 6.70. The Hall–Kier alpha value is -1.59. The van der Waals surface area contributed by atoms with Gasteiger partial charge in [0.05, 0.1) is 12.8 Å². The lowest BCUT2D eigenvalue weighted by Gasteiger charge is -2.22. The minimum absolute atomic E-state index is 0.0728. The van der Waals surface area contributed by atoms with Crippen LogP contribution in [0.25, 0.3) is 0 Å². The molecule has 2 heterocycles. The highest BCUT2D eigenvalue weighted by atomic mass is 32.1. The quantitative estimate of drug-likeness (QED) is 0.902. The van der Waals surface area contributed by atoms with E-state index >= 15 is 0 Å². The molecule has 0 aliphatic heterocycles. The van der Waals surface area contributed by atoms with Crippen molar-refractivity contribution in [3.05, 3.63) is 46.5 Å². The van der Waals surface area contributed by atoms with Crippen molar-refractivity contribution in [2.24, 2.45) is 5.73 Å². The molecule has 0 bridgehead atoms. The van der Waals surface area contributed by atoms with Crippen molar-refractivity contribution in [1.29, 1.82) is 0 Å². The summed E-state index contributed by atoms with van der Waals surface area (Å²) < 4.78 is 5.25. The maximum atomic E-state index is 12.3. The molecular formula is C13H16N2O2S. The van der Waals surface area contributed by atoms with Crippen LogP contribution in [0.5, 0.6) is 0 Å². The van der Waals surface area contributed by atoms with Crippen LogP contribution in [0.2, 0.25) is 0 Å². The van der Waals surface area contributed by atoms with Gasteiger partial charge in [-0.15, -0.1) is 11.3 Å². The predicted octanol–water partition coefficient (Wildman–Crippen LogP) is 2.39. The van der Waals surface area contributed by atoms with E-state index in [9.17, 15) is 4.79 Å². The number of hydrogen-bond donors (Lipinski definition) is 1. The third kappa shape index (κ3) is 2.80. The first-order chi connectivity index (χ1) is 8.72. The van der Waals surface area contributed by atoms with Gasteiger partial charge in [0.15, 0.2) is 0 Å². The van der Waals surface area contributed by atoms with E-state index in [1.807, 2.05) is 36.6 Å². The summed E-state index contributed by atoms with van der Waals surface area (Å²) in [5.74, 6) is 0.694. The van der Waals surface area contributed by atoms with E-state index < -0.39 is 6.04 Å². The molecule has 2 aromatic rings. The highest BCUT2D eigenvalue weighted by molar-refractivity contribution is 7.10. The van der Waals surface area contributed by atoms with Crippen LogP contribution >= 0.6 is 11.3 Å². The van der Waals surface area contributed by atoms with Gasteiger partial charge in [0, 0.05) is 11.4 Å². The average molecular weight is 264 g/mol. The van der Waals surface area contributed by atoms with E-state index in [-0.39, 0.29) is 5.91 Å². The summed E-state index contributed by atoms with van der Waals surface area (Å²) in [5, 5.41) is 1.92. The van der Waals surface area contributed by atoms with E-state index in [4.69, 9.17) is 10.2 Å². The Morgan fingerprint density at radius 3 is 2.89 bits per heavy atom. The molecule has 0 saturated carbocycles. The lowest BCUT2D eigenvalue weighted by molar-refractivity contribution is -0.133. The van der Waals surface area contributed by atoms with Gasteiger partial charge in [-0.3, -0.25) is 4.79 Å². The fraction of sp³-hybridized carbons (Fsp3) is 0.308. The molecule has 2 rings (SSSR count). The Morgan fingerprint density at radius 2 is 2.33 bits per heavy atom. The zero-order chi connectivity index (χ0) is 13.0. The number of nitrogens with two attached hydrogens (primary N) is 1. The molecule has 1 unspecified atom stereocenters. The zero-order valence-electron chi connectivity index (χ0n) is 10.2. The molecule has 0 aliphatic carbocycles. The van der Waals surface area contributed by atoms with Gasteiger partial charge in [-0.1, -0.05) is 6.07 Å². The number of hydrogen-bond acceptors (Lipinski definition) is 4. The fourth-order valence-electron chi connectivity index (χ4n) is 1.72. The van der Waals surface area contributed by atoms with Gasteiger partial charge in [-0.25, -0.2) is 0 Å². The first kappa shape index (κ1) is 12.9. The number of likely N-dealkylation sites (N-methyl/N-ethyl adjacent to an activating group) is 1. The second-order valence-electron chi connectivity index (χ2n) is 3.92. The highest BCUT2D eigenvalue weighted by Gasteiger charge is 2.22. The Labute approximate surface area is 110 Å². The molecule has 0 fully saturated rings. The van der Waals surface area contributed by atoms with E-state index in [1.165, 1.54) is 11.3 Å². The van der Waals surface area contributed by atoms with Crippen LogP contribution in [-0.4, -0.2) is 17.4 Å². The summed E-state index contributed by atoms with van der Waals surface area (Å²) in [6.45, 7) is 3.00. The number of nitrogens with zero attached hydrogens (tertiary/aromatic N) is 1. The van der Waals surface area contributed by atoms with Crippen molar-refractivity contribution in [2.45, 2.75) is 19.5 Å². The third-order valence-corrected chi connectivity index (χ3v) is 3.69. The van der Waals surface area contributed by atoms with Crippen LogP contribution in [-0.2, 0) is 11.3 Å². The standard InChI is InChI=1S/C13H16N2O2S/c1-2-15(9-10-5-3-7-17-10)13(16)12(14)11-6-4-8-18-11/h3-8,12H,2,9,14H2,1H3. The molecule has 1 atom stereocenters. The average Bonchev–Trinajstić information content (AvgIpc) is 3.06. The normalized spacial score (nSPS) is 12.3. The van der Waals surface area contributed by atoms with Gasteiger partial charge >= 0.3 is 0 Å². The molecule has 2 N–H and O–H groups in total. The second kappa shape index (κ2) is 5.84. The number of rotatable bonds is 5. The Morgan fingerprint density at radius 1 is 1.50 bits per heavy atom. The van der Waals surface area contributed by atoms with Gasteiger partial charge in [0.1, 0.15) is 11.8 Å². The second-order valence-corrected chi connectivity index (χ2v) is 4.90. The SMILES string of the molecule is CCN(Cc1ccco1)C(=O)C(N)c1cccs1. The molecule has 2 aromatic heterocycles. The maximum Gasteiger partial charge on any atom is 0.245 e. The van der Waals surface area contributed by atoms with Gasteiger partial charge in [-0.05, 0) is 30.5 Å². The first-order valence-electron chi connectivity index (χ1n) is 5.82. The molecule has 0 saturated heterocycles. The molecule has 5 heteroatoms. The molecule has 0 spiro atoms. The Kier molecular flexibility index (Phi) is 4.17. The summed E-state index contributed by atoms with van der Waals surface area (Å²) in [6, 6.07) is 6.86. The minimum Gasteiger partial charge on any atom is -0.467 e. The van der Waals surface area contributed by atoms with E-state index in [0.717, 1.165) is 10.6 Å². The van der Waals surface area contributed by atoms with Crippen molar-refractivity contribution in [3.8, 4) is 0 Å². The molecule has 0 radical (unpaired) electrons. The van der Waals surface area contributed by atoms with Crippen LogP contribution < -0.4 is 5.73 Å². The van der Waals surface area contributed by atoms with Crippen molar-refractivity contribution in [2.75, 3.05) is 6.54 Å². The lowest BCUT2D eigenvalue weighted by Crippen LogP contribution is -2.37. The molecule has 1 amide bonds. The van der Waals surface area contributed by atoms with Crippen molar-refractivity contribution < 1.29 is 9.21 Å². The zero-order valence-corrected chi connectivity index (χ0v) is 11.0. The van der Waals surface area contributed by atoms with E-state index in [2.05, 4.69) is 0 Å². The smallest absolute Gasteiger partial charge is 0.245 e. The number of carbonyl (C=O) groups is 1. The van der Waals surface area contributed by atoms with Gasteiger partial charge < -0.3 is 15.1 Å². The molecule has 4 nitrogen and oxygen atoms in total. The van der Waals surface area contributed by atoms with Crippen LogP contribution in [0, 0.1) is 0 Å². The van der Waals surface area contributed by atoms with E-state index in [1.54, 1.807) is 11.2 Å². The van der Waals surface area contributed by atoms with Crippen molar-refractivity contribution >= 4 is 17.2 Å². The summed E-state index contributed by atoms with van der Waals surface area (Å²) in [6.07, 6.45) is 1.60. The van der Waals surface area contributed by atoms with Crippen LogP contribution in [0.15, 0.2) is 40.3 Å². The van der Waals surface area contributed by atoms with Crippen LogP contribution in [0.1, 0.15) is 23.6 Å². The van der Waals surface area contributed by atoms with Gasteiger partial charge in [0.2, 0.25) is 5.91 Å². The number of thiophene rings is 1. The Balaban J connectivity index is 2.05. The van der Waals surface area contributed by atoms with Gasteiger partial charge in [0.25, 0.3) is 0 Å². The van der Waals surface area contributed by atoms with Crippen LogP contribution in [0.3, 0.4) is 0 Å². The van der Waals surface area contributed by atoms with Gasteiger partial charge in [-0.2, -0.15) is 0 Å². The monoisotopic (exact) mass is 264 g/mol. The molecule has 18 heavy (non-hydrogen) atoms. The predicted molar refractivity (Wildman–Crippen MR) is 71.0 cm³/mol. The number of furan rings is 1. The fourth-order valence-corrected chi connectivity index (χ4v) is 2.44. The minimum atomic E-state index is -0.583. The summed E-state index contributed by atoms with van der Waals surface area (Å²) in [4.78, 5) is 14.8. The summed E-state index contributed by atoms with van der Waals surface area (Å²) >= 11 is 1.50. The summed E-state index contributed by atoms with van der Waals surface area (Å²) in [7, 11) is 0. The molecular weight excluding hydrogens is 248 g/mol. The maximum absolute atomic E-state index is 12.3. The Bertz CT molecular complexity index is 479. The highest BCUT2D eigenvalue weighted by Crippen LogP contribution is 2.19. The largest absolute Gasteiger partial charge is 0.467 e. The third-order valence-electron chi connectivity index (χ3n) is 2.74. The van der Waals surface area contributed by atoms with Crippen LogP contribution in [0.4, 0.5) is 0 Å². The molecule has 96 valence electrons. The number of amides is 1. The van der Waals surface area contributed by atoms with E-state index in [0.29, 0.717) is 13.1 Å². The number of carbonyl (C=O) groups excluding carboxylic acids is 1. The summed E-state index contributed by atoms with van der Waals surface area (Å²) in [5.41, 5.74) is 5.98. The topological polar surface area (TPSA) is 59.5 Å². The lowest BCUT2D eigenvalue weighted by atomic mass is 10.2. The van der Waals surface area contributed by atoms with Crippen molar-refractivity contribution in [3.63, 3.8) is 0 Å². The van der Waals surface area contributed by atoms with Crippen molar-refractivity contribution in [1.82, 2.24) is 4.90 Å². The molecule has 0 aromatic carbocycles. The molecule has 0 aliphatic rings.